The van der Waals surface area contributed by atoms with Crippen molar-refractivity contribution in [1.29, 1.82) is 0 Å². The van der Waals surface area contributed by atoms with Gasteiger partial charge in [0.2, 0.25) is 0 Å². The zero-order chi connectivity index (χ0) is 14.2. The van der Waals surface area contributed by atoms with Gasteiger partial charge in [0.05, 0.1) is 9.89 Å². The highest BCUT2D eigenvalue weighted by Crippen LogP contribution is 2.47. The quantitative estimate of drug-likeness (QED) is 0.883. The molecule has 0 radical (unpaired) electrons. The van der Waals surface area contributed by atoms with E-state index in [1.54, 1.807) is 11.3 Å². The summed E-state index contributed by atoms with van der Waals surface area (Å²) in [6.07, 6.45) is 2.57. The van der Waals surface area contributed by atoms with Crippen LogP contribution in [-0.4, -0.2) is 11.7 Å². The predicted octanol–water partition coefficient (Wildman–Crippen LogP) is 3.78. The van der Waals surface area contributed by atoms with E-state index in [4.69, 9.17) is 5.73 Å². The molecule has 0 saturated carbocycles. The van der Waals surface area contributed by atoms with E-state index in [1.165, 1.54) is 11.1 Å². The van der Waals surface area contributed by atoms with Crippen molar-refractivity contribution >= 4 is 27.3 Å². The average molecular weight is 352 g/mol. The van der Waals surface area contributed by atoms with E-state index in [9.17, 15) is 5.11 Å². The van der Waals surface area contributed by atoms with Crippen molar-refractivity contribution in [1.82, 2.24) is 0 Å². The van der Waals surface area contributed by atoms with Gasteiger partial charge in [0.15, 0.2) is 0 Å². The molecule has 0 saturated heterocycles. The number of thiophene rings is 1. The molecule has 3 N–H and O–H groups in total. The number of halogens is 1. The zero-order valence-electron chi connectivity index (χ0n) is 11.2. The van der Waals surface area contributed by atoms with Crippen molar-refractivity contribution < 1.29 is 5.11 Å². The normalized spacial score (nSPS) is 23.4. The molecule has 20 heavy (non-hydrogen) atoms. The van der Waals surface area contributed by atoms with Gasteiger partial charge in [-0.25, -0.2) is 0 Å². The summed E-state index contributed by atoms with van der Waals surface area (Å²) < 4.78 is 1.04. The van der Waals surface area contributed by atoms with Crippen LogP contribution in [0.2, 0.25) is 0 Å². The molecule has 106 valence electrons. The molecule has 1 aliphatic carbocycles. The van der Waals surface area contributed by atoms with Gasteiger partial charge in [-0.05, 0) is 58.5 Å². The van der Waals surface area contributed by atoms with Gasteiger partial charge in [-0.2, -0.15) is 0 Å². The van der Waals surface area contributed by atoms with Crippen LogP contribution < -0.4 is 5.73 Å². The van der Waals surface area contributed by atoms with Crippen molar-refractivity contribution in [2.75, 3.05) is 6.54 Å². The van der Waals surface area contributed by atoms with Gasteiger partial charge in [0.25, 0.3) is 0 Å². The molecular formula is C16H18BrNOS. The summed E-state index contributed by atoms with van der Waals surface area (Å²) in [5, 5.41) is 11.0. The Morgan fingerprint density at radius 1 is 1.30 bits per heavy atom. The lowest BCUT2D eigenvalue weighted by Crippen LogP contribution is -2.43. The van der Waals surface area contributed by atoms with E-state index in [2.05, 4.69) is 34.1 Å². The number of fused-ring (bicyclic) bond motifs is 1. The second kappa shape index (κ2) is 5.60. The number of rotatable bonds is 3. The van der Waals surface area contributed by atoms with Crippen LogP contribution in [0.5, 0.6) is 0 Å². The minimum absolute atomic E-state index is 0.348. The third-order valence-electron chi connectivity index (χ3n) is 4.37. The van der Waals surface area contributed by atoms with Crippen molar-refractivity contribution in [2.45, 2.75) is 30.8 Å². The third kappa shape index (κ3) is 2.25. The van der Waals surface area contributed by atoms with Crippen LogP contribution in [0.25, 0.3) is 0 Å². The van der Waals surface area contributed by atoms with Crippen LogP contribution in [0.1, 0.15) is 34.9 Å². The molecule has 2 unspecified atom stereocenters. The van der Waals surface area contributed by atoms with Crippen molar-refractivity contribution in [3.8, 4) is 0 Å². The topological polar surface area (TPSA) is 46.2 Å². The summed E-state index contributed by atoms with van der Waals surface area (Å²) in [4.78, 5) is 0.985. The lowest BCUT2D eigenvalue weighted by atomic mass is 9.66. The fourth-order valence-electron chi connectivity index (χ4n) is 3.31. The van der Waals surface area contributed by atoms with Gasteiger partial charge >= 0.3 is 0 Å². The van der Waals surface area contributed by atoms with Gasteiger partial charge in [0.1, 0.15) is 0 Å². The van der Waals surface area contributed by atoms with Crippen molar-refractivity contribution in [3.05, 3.63) is 56.2 Å². The van der Waals surface area contributed by atoms with E-state index >= 15 is 0 Å². The molecular weight excluding hydrogens is 334 g/mol. The molecule has 4 heteroatoms. The Bertz CT molecular complexity index is 612. The summed E-state index contributed by atoms with van der Waals surface area (Å²) >= 11 is 5.06. The first-order valence-electron chi connectivity index (χ1n) is 6.89. The Morgan fingerprint density at radius 2 is 2.10 bits per heavy atom. The molecule has 3 rings (SSSR count). The predicted molar refractivity (Wildman–Crippen MR) is 87.1 cm³/mol. The van der Waals surface area contributed by atoms with Gasteiger partial charge in [-0.3, -0.25) is 0 Å². The van der Waals surface area contributed by atoms with Crippen LogP contribution in [0.4, 0.5) is 0 Å². The maximum absolute atomic E-state index is 11.0. The van der Waals surface area contributed by atoms with Gasteiger partial charge in [-0.1, -0.05) is 24.3 Å². The standard InChI is InChI=1S/C16H18BrNOS/c17-14-8-7-13(20-14)15(19)16(10-18)9-3-5-11-4-1-2-6-12(11)16/h1-2,4,6-8,15,19H,3,5,9-10,18H2. The molecule has 0 fully saturated rings. The number of aliphatic hydroxyl groups excluding tert-OH is 1. The fourth-order valence-corrected chi connectivity index (χ4v) is 4.84. The largest absolute Gasteiger partial charge is 0.387 e. The molecule has 2 atom stereocenters. The zero-order valence-corrected chi connectivity index (χ0v) is 13.6. The van der Waals surface area contributed by atoms with E-state index < -0.39 is 6.10 Å². The Morgan fingerprint density at radius 3 is 2.80 bits per heavy atom. The average Bonchev–Trinajstić information content (AvgIpc) is 2.92. The van der Waals surface area contributed by atoms with Crippen LogP contribution >= 0.6 is 27.3 Å². The summed E-state index contributed by atoms with van der Waals surface area (Å²) in [5.74, 6) is 0. The Balaban J connectivity index is 2.08. The van der Waals surface area contributed by atoms with E-state index in [0.29, 0.717) is 6.54 Å². The number of hydrogen-bond donors (Lipinski definition) is 2. The molecule has 2 nitrogen and oxygen atoms in total. The van der Waals surface area contributed by atoms with Crippen LogP contribution in [0.15, 0.2) is 40.2 Å². The van der Waals surface area contributed by atoms with Crippen molar-refractivity contribution in [2.24, 2.45) is 5.73 Å². The number of benzene rings is 1. The smallest absolute Gasteiger partial charge is 0.0990 e. The molecule has 0 amide bonds. The first-order chi connectivity index (χ1) is 9.67. The minimum atomic E-state index is -0.537. The summed E-state index contributed by atoms with van der Waals surface area (Å²) in [6, 6.07) is 12.4. The summed E-state index contributed by atoms with van der Waals surface area (Å²) in [5.41, 5.74) is 8.34. The first-order valence-corrected chi connectivity index (χ1v) is 8.50. The minimum Gasteiger partial charge on any atom is -0.387 e. The summed E-state index contributed by atoms with van der Waals surface area (Å²) in [7, 11) is 0. The third-order valence-corrected chi connectivity index (χ3v) is 6.05. The SMILES string of the molecule is NCC1(C(O)c2ccc(Br)s2)CCCc2ccccc21. The monoisotopic (exact) mass is 351 g/mol. The molecule has 1 aliphatic rings. The number of aryl methyl sites for hydroxylation is 1. The fraction of sp³-hybridized carbons (Fsp3) is 0.375. The molecule has 0 aliphatic heterocycles. The highest BCUT2D eigenvalue weighted by molar-refractivity contribution is 9.11. The number of hydrogen-bond acceptors (Lipinski definition) is 3. The van der Waals surface area contributed by atoms with Gasteiger partial charge < -0.3 is 10.8 Å². The Kier molecular flexibility index (Phi) is 4.00. The molecule has 1 heterocycles. The lowest BCUT2D eigenvalue weighted by molar-refractivity contribution is 0.0748. The summed E-state index contributed by atoms with van der Waals surface area (Å²) in [6.45, 7) is 0.473. The van der Waals surface area contributed by atoms with E-state index in [-0.39, 0.29) is 5.41 Å². The second-order valence-electron chi connectivity index (χ2n) is 5.42. The van der Waals surface area contributed by atoms with Crippen LogP contribution in [0.3, 0.4) is 0 Å². The number of aliphatic hydroxyl groups is 1. The van der Waals surface area contributed by atoms with Gasteiger partial charge in [0, 0.05) is 16.8 Å². The van der Waals surface area contributed by atoms with Gasteiger partial charge in [-0.15, -0.1) is 11.3 Å². The highest BCUT2D eigenvalue weighted by atomic mass is 79.9. The molecule has 2 aromatic rings. The van der Waals surface area contributed by atoms with Crippen LogP contribution in [0, 0.1) is 0 Å². The highest BCUT2D eigenvalue weighted by Gasteiger charge is 2.42. The van der Waals surface area contributed by atoms with E-state index in [0.717, 1.165) is 27.9 Å². The molecule has 0 spiro atoms. The molecule has 1 aromatic carbocycles. The Hall–Kier alpha value is -0.680. The first kappa shape index (κ1) is 14.3. The maximum Gasteiger partial charge on any atom is 0.0990 e. The second-order valence-corrected chi connectivity index (χ2v) is 7.91. The molecule has 0 bridgehead atoms. The Labute approximate surface area is 131 Å². The van der Waals surface area contributed by atoms with E-state index in [1.807, 2.05) is 18.2 Å². The van der Waals surface area contributed by atoms with Crippen LogP contribution in [-0.2, 0) is 11.8 Å². The van der Waals surface area contributed by atoms with Crippen molar-refractivity contribution in [3.63, 3.8) is 0 Å². The number of nitrogens with two attached hydrogens (primary N) is 1. The molecule has 1 aromatic heterocycles. The lowest BCUT2D eigenvalue weighted by Gasteiger charge is -2.41. The maximum atomic E-state index is 11.0.